The van der Waals surface area contributed by atoms with Crippen molar-refractivity contribution >= 4 is 0 Å². The summed E-state index contributed by atoms with van der Waals surface area (Å²) in [5.41, 5.74) is 4.03. The highest BCUT2D eigenvalue weighted by Gasteiger charge is 2.33. The van der Waals surface area contributed by atoms with E-state index in [2.05, 4.69) is 47.9 Å². The fraction of sp³-hybridized carbons (Fsp3) is 0.824. The predicted molar refractivity (Wildman–Crippen MR) is 86.4 cm³/mol. The van der Waals surface area contributed by atoms with E-state index in [0.717, 1.165) is 12.6 Å². The van der Waals surface area contributed by atoms with Crippen LogP contribution in [0.25, 0.3) is 0 Å². The molecule has 1 aliphatic carbocycles. The highest BCUT2D eigenvalue weighted by Crippen LogP contribution is 2.37. The summed E-state index contributed by atoms with van der Waals surface area (Å²) in [6.07, 6.45) is 6.76. The van der Waals surface area contributed by atoms with Crippen molar-refractivity contribution in [1.82, 2.24) is 20.0 Å². The van der Waals surface area contributed by atoms with E-state index < -0.39 is 0 Å². The Morgan fingerprint density at radius 2 is 1.90 bits per heavy atom. The molecule has 21 heavy (non-hydrogen) atoms. The molecule has 1 aromatic rings. The molecule has 1 N–H and O–H groups in total. The molecular formula is C17H30N4. The molecule has 1 aromatic heterocycles. The lowest BCUT2D eigenvalue weighted by atomic mass is 9.88. The number of likely N-dealkylation sites (tertiary alicyclic amines) is 1. The average molecular weight is 290 g/mol. The van der Waals surface area contributed by atoms with E-state index in [-0.39, 0.29) is 0 Å². The summed E-state index contributed by atoms with van der Waals surface area (Å²) in [7, 11) is 4.37. The first-order valence-corrected chi connectivity index (χ1v) is 8.51. The lowest BCUT2D eigenvalue weighted by molar-refractivity contribution is 0.187. The Morgan fingerprint density at radius 1 is 1.14 bits per heavy atom. The van der Waals surface area contributed by atoms with E-state index in [1.807, 2.05) is 0 Å². The lowest BCUT2D eigenvalue weighted by Crippen LogP contribution is -2.36. The van der Waals surface area contributed by atoms with E-state index in [4.69, 9.17) is 0 Å². The van der Waals surface area contributed by atoms with Crippen LogP contribution in [0.2, 0.25) is 0 Å². The molecule has 2 atom stereocenters. The van der Waals surface area contributed by atoms with Gasteiger partial charge in [-0.1, -0.05) is 6.42 Å². The number of hydrogen-bond acceptors (Lipinski definition) is 3. The van der Waals surface area contributed by atoms with Gasteiger partial charge < -0.3 is 5.32 Å². The van der Waals surface area contributed by atoms with Crippen molar-refractivity contribution in [3.8, 4) is 0 Å². The minimum atomic E-state index is 0.521. The normalized spacial score (nSPS) is 27.8. The van der Waals surface area contributed by atoms with Crippen molar-refractivity contribution in [1.29, 1.82) is 0 Å². The Balaban J connectivity index is 1.87. The molecule has 0 aromatic carbocycles. The largest absolute Gasteiger partial charge is 0.314 e. The molecule has 0 bridgehead atoms. The molecule has 0 spiro atoms. The molecule has 118 valence electrons. The van der Waals surface area contributed by atoms with Gasteiger partial charge >= 0.3 is 0 Å². The van der Waals surface area contributed by atoms with Crippen LogP contribution in [0.15, 0.2) is 0 Å². The smallest absolute Gasteiger partial charge is 0.0644 e. The van der Waals surface area contributed by atoms with Crippen LogP contribution in [0, 0.1) is 19.8 Å². The van der Waals surface area contributed by atoms with Crippen molar-refractivity contribution in [2.45, 2.75) is 58.0 Å². The van der Waals surface area contributed by atoms with Crippen LogP contribution in [0.4, 0.5) is 0 Å². The van der Waals surface area contributed by atoms with Crippen molar-refractivity contribution in [3.05, 3.63) is 17.0 Å². The van der Waals surface area contributed by atoms with Gasteiger partial charge in [0.1, 0.15) is 0 Å². The predicted octanol–water partition coefficient (Wildman–Crippen LogP) is 2.56. The Kier molecular flexibility index (Phi) is 4.36. The van der Waals surface area contributed by atoms with Gasteiger partial charge in [0.2, 0.25) is 0 Å². The van der Waals surface area contributed by atoms with Gasteiger partial charge in [-0.2, -0.15) is 5.10 Å². The summed E-state index contributed by atoms with van der Waals surface area (Å²) in [5.74, 6) is 0.708. The fourth-order valence-corrected chi connectivity index (χ4v) is 3.92. The number of nitrogens with zero attached hydrogens (tertiary/aromatic N) is 3. The van der Waals surface area contributed by atoms with Crippen LogP contribution < -0.4 is 5.32 Å². The molecule has 4 nitrogen and oxygen atoms in total. The highest BCUT2D eigenvalue weighted by atomic mass is 15.3. The molecule has 3 rings (SSSR count). The molecular weight excluding hydrogens is 260 g/mol. The quantitative estimate of drug-likeness (QED) is 0.925. The number of rotatable bonds is 4. The van der Waals surface area contributed by atoms with Gasteiger partial charge in [-0.25, -0.2) is 0 Å². The summed E-state index contributed by atoms with van der Waals surface area (Å²) in [6, 6.07) is 1.32. The van der Waals surface area contributed by atoms with Crippen LogP contribution in [-0.4, -0.2) is 40.9 Å². The van der Waals surface area contributed by atoms with Crippen LogP contribution in [0.3, 0.4) is 0 Å². The number of hydrogen-bond donors (Lipinski definition) is 1. The second-order valence-corrected chi connectivity index (χ2v) is 7.07. The van der Waals surface area contributed by atoms with Gasteiger partial charge in [0.05, 0.1) is 5.69 Å². The zero-order valence-corrected chi connectivity index (χ0v) is 14.0. The lowest BCUT2D eigenvalue weighted by Gasteiger charge is -2.33. The van der Waals surface area contributed by atoms with Crippen molar-refractivity contribution in [2.24, 2.45) is 13.0 Å². The van der Waals surface area contributed by atoms with Gasteiger partial charge in [0.25, 0.3) is 0 Å². The van der Waals surface area contributed by atoms with Gasteiger partial charge in [0.15, 0.2) is 0 Å². The zero-order valence-electron chi connectivity index (χ0n) is 14.0. The summed E-state index contributed by atoms with van der Waals surface area (Å²) < 4.78 is 2.05. The minimum absolute atomic E-state index is 0.521. The number of aromatic nitrogens is 2. The van der Waals surface area contributed by atoms with E-state index in [1.54, 1.807) is 0 Å². The molecule has 1 aliphatic heterocycles. The molecule has 4 heteroatoms. The molecule has 2 aliphatic rings. The maximum atomic E-state index is 4.66. The van der Waals surface area contributed by atoms with E-state index in [9.17, 15) is 0 Å². The third-order valence-corrected chi connectivity index (χ3v) is 5.36. The first-order chi connectivity index (χ1) is 10.1. The van der Waals surface area contributed by atoms with Gasteiger partial charge in [-0.05, 0) is 59.0 Å². The van der Waals surface area contributed by atoms with Gasteiger partial charge in [0, 0.05) is 36.9 Å². The Morgan fingerprint density at radius 3 is 2.52 bits per heavy atom. The third-order valence-electron chi connectivity index (χ3n) is 5.36. The summed E-state index contributed by atoms with van der Waals surface area (Å²) in [6.45, 7) is 6.76. The average Bonchev–Trinajstić information content (AvgIpc) is 3.24. The molecule has 2 heterocycles. The number of nitrogens with one attached hydrogen (secondary N) is 1. The maximum absolute atomic E-state index is 4.66. The molecule has 2 fully saturated rings. The van der Waals surface area contributed by atoms with Gasteiger partial charge in [-0.15, -0.1) is 0 Å². The SMILES string of the molecule is Cc1nn(C)c(C)c1C1C(CNC2CC2)CCCCN1C. The van der Waals surface area contributed by atoms with Crippen molar-refractivity contribution in [3.63, 3.8) is 0 Å². The topological polar surface area (TPSA) is 33.1 Å². The zero-order chi connectivity index (χ0) is 15.0. The minimum Gasteiger partial charge on any atom is -0.314 e. The van der Waals surface area contributed by atoms with Crippen LogP contribution >= 0.6 is 0 Å². The molecule has 2 unspecified atom stereocenters. The van der Waals surface area contributed by atoms with Crippen molar-refractivity contribution in [2.75, 3.05) is 20.1 Å². The standard InChI is InChI=1S/C17H30N4/c1-12-16(13(2)21(4)19-12)17-14(11-18-15-8-9-15)7-5-6-10-20(17)3/h14-15,17-18H,5-11H2,1-4H3. The first-order valence-electron chi connectivity index (χ1n) is 8.51. The van der Waals surface area contributed by atoms with E-state index in [1.165, 1.54) is 55.6 Å². The van der Waals surface area contributed by atoms with Crippen molar-refractivity contribution < 1.29 is 0 Å². The highest BCUT2D eigenvalue weighted by molar-refractivity contribution is 5.29. The van der Waals surface area contributed by atoms with E-state index in [0.29, 0.717) is 12.0 Å². The van der Waals surface area contributed by atoms with Crippen LogP contribution in [0.1, 0.15) is 55.1 Å². The molecule has 1 saturated heterocycles. The third kappa shape index (κ3) is 3.16. The molecule has 1 saturated carbocycles. The second-order valence-electron chi connectivity index (χ2n) is 7.07. The van der Waals surface area contributed by atoms with Crippen LogP contribution in [0.5, 0.6) is 0 Å². The second kappa shape index (κ2) is 6.09. The van der Waals surface area contributed by atoms with Gasteiger partial charge in [-0.3, -0.25) is 9.58 Å². The summed E-state index contributed by atoms with van der Waals surface area (Å²) in [5, 5.41) is 8.43. The monoisotopic (exact) mass is 290 g/mol. The Hall–Kier alpha value is -0.870. The summed E-state index contributed by atoms with van der Waals surface area (Å²) >= 11 is 0. The number of aryl methyl sites for hydroxylation is 2. The molecule has 0 radical (unpaired) electrons. The molecule has 0 amide bonds. The van der Waals surface area contributed by atoms with Crippen LogP contribution in [-0.2, 0) is 7.05 Å². The Bertz CT molecular complexity index is 489. The fourth-order valence-electron chi connectivity index (χ4n) is 3.92. The Labute approximate surface area is 128 Å². The summed E-state index contributed by atoms with van der Waals surface area (Å²) in [4.78, 5) is 2.57. The maximum Gasteiger partial charge on any atom is 0.0644 e. The van der Waals surface area contributed by atoms with E-state index >= 15 is 0 Å². The first kappa shape index (κ1) is 15.0.